The van der Waals surface area contributed by atoms with E-state index in [1.54, 1.807) is 12.1 Å². The van der Waals surface area contributed by atoms with Crippen LogP contribution in [-0.4, -0.2) is 48.4 Å². The molecule has 0 atom stereocenters. The van der Waals surface area contributed by atoms with Crippen LogP contribution in [0.1, 0.15) is 29.0 Å². The molecule has 0 radical (unpaired) electrons. The van der Waals surface area contributed by atoms with Gasteiger partial charge in [0.15, 0.2) is 0 Å². The van der Waals surface area contributed by atoms with Crippen molar-refractivity contribution in [2.75, 3.05) is 19.6 Å². The molecule has 0 aliphatic carbocycles. The van der Waals surface area contributed by atoms with Crippen molar-refractivity contribution in [2.24, 2.45) is 0 Å². The quantitative estimate of drug-likeness (QED) is 0.784. The molecule has 1 aromatic rings. The molecule has 8 heteroatoms. The highest BCUT2D eigenvalue weighted by atomic mass is 32.2. The van der Waals surface area contributed by atoms with E-state index in [9.17, 15) is 13.2 Å². The predicted molar refractivity (Wildman–Crippen MR) is 72.6 cm³/mol. The number of nitrogens with one attached hydrogen (secondary N) is 1. The summed E-state index contributed by atoms with van der Waals surface area (Å²) >= 11 is 0. The van der Waals surface area contributed by atoms with Gasteiger partial charge < -0.3 is 5.11 Å². The lowest BCUT2D eigenvalue weighted by Gasteiger charge is -2.15. The highest BCUT2D eigenvalue weighted by Crippen LogP contribution is 2.11. The molecule has 1 fully saturated rings. The van der Waals surface area contributed by atoms with E-state index in [0.717, 1.165) is 12.8 Å². The van der Waals surface area contributed by atoms with Gasteiger partial charge >= 0.3 is 5.97 Å². The molecule has 0 spiro atoms. The first kappa shape index (κ1) is 14.9. The van der Waals surface area contributed by atoms with Gasteiger partial charge in [0.2, 0.25) is 0 Å². The molecule has 1 aliphatic heterocycles. The average molecular weight is 299 g/mol. The monoisotopic (exact) mass is 299 g/mol. The van der Waals surface area contributed by atoms with Crippen LogP contribution in [0, 0.1) is 0 Å². The standard InChI is InChI=1S/C12H17N3O4S/c16-12(17)11-5-3-4-10(14-11)6-7-13-20(18,19)15-8-1-2-9-15/h3-5,13H,1-2,6-9H2,(H,16,17). The Morgan fingerprint density at radius 1 is 1.35 bits per heavy atom. The molecule has 0 bridgehead atoms. The second-order valence-electron chi connectivity index (χ2n) is 4.57. The fourth-order valence-electron chi connectivity index (χ4n) is 2.07. The molecular formula is C12H17N3O4S. The van der Waals surface area contributed by atoms with Crippen molar-refractivity contribution in [1.29, 1.82) is 0 Å². The molecule has 2 rings (SSSR count). The SMILES string of the molecule is O=C(O)c1cccc(CCNS(=O)(=O)N2CCCC2)n1. The minimum absolute atomic E-state index is 0.0371. The number of hydrogen-bond acceptors (Lipinski definition) is 4. The van der Waals surface area contributed by atoms with E-state index in [-0.39, 0.29) is 12.2 Å². The Balaban J connectivity index is 1.89. The Morgan fingerprint density at radius 3 is 2.70 bits per heavy atom. The summed E-state index contributed by atoms with van der Waals surface area (Å²) < 4.78 is 27.7. The number of hydrogen-bond donors (Lipinski definition) is 2. The second-order valence-corrected chi connectivity index (χ2v) is 6.33. The summed E-state index contributed by atoms with van der Waals surface area (Å²) in [6.45, 7) is 1.32. The van der Waals surface area contributed by atoms with E-state index < -0.39 is 16.2 Å². The number of aromatic nitrogens is 1. The Kier molecular flexibility index (Phi) is 4.69. The highest BCUT2D eigenvalue weighted by molar-refractivity contribution is 7.87. The molecule has 0 amide bonds. The van der Waals surface area contributed by atoms with Crippen molar-refractivity contribution in [3.63, 3.8) is 0 Å². The number of nitrogens with zero attached hydrogens (tertiary/aromatic N) is 2. The van der Waals surface area contributed by atoms with Crippen molar-refractivity contribution < 1.29 is 18.3 Å². The minimum atomic E-state index is -3.42. The lowest BCUT2D eigenvalue weighted by molar-refractivity contribution is 0.0690. The number of rotatable bonds is 6. The van der Waals surface area contributed by atoms with Crippen LogP contribution in [0.4, 0.5) is 0 Å². The maximum atomic E-state index is 11.9. The third-order valence-electron chi connectivity index (χ3n) is 3.10. The zero-order valence-corrected chi connectivity index (χ0v) is 11.8. The molecule has 1 aliphatic rings. The summed E-state index contributed by atoms with van der Waals surface area (Å²) in [5.41, 5.74) is 0.513. The van der Waals surface area contributed by atoms with Crippen LogP contribution in [0.5, 0.6) is 0 Å². The summed E-state index contributed by atoms with van der Waals surface area (Å²) in [4.78, 5) is 14.7. The van der Waals surface area contributed by atoms with Gasteiger partial charge in [0.25, 0.3) is 10.2 Å². The molecule has 2 heterocycles. The van der Waals surface area contributed by atoms with Gasteiger partial charge in [-0.1, -0.05) is 6.07 Å². The van der Waals surface area contributed by atoms with Crippen LogP contribution in [0.2, 0.25) is 0 Å². The number of aromatic carboxylic acids is 1. The molecule has 7 nitrogen and oxygen atoms in total. The first-order valence-corrected chi connectivity index (χ1v) is 7.87. The zero-order valence-electron chi connectivity index (χ0n) is 10.9. The van der Waals surface area contributed by atoms with Crippen molar-refractivity contribution in [2.45, 2.75) is 19.3 Å². The van der Waals surface area contributed by atoms with Gasteiger partial charge in [-0.25, -0.2) is 14.5 Å². The van der Waals surface area contributed by atoms with Crippen molar-refractivity contribution in [3.05, 3.63) is 29.6 Å². The summed E-state index contributed by atoms with van der Waals surface area (Å²) in [6, 6.07) is 4.68. The van der Waals surface area contributed by atoms with Crippen LogP contribution in [0.25, 0.3) is 0 Å². The summed E-state index contributed by atoms with van der Waals surface area (Å²) in [5.74, 6) is -1.09. The lowest BCUT2D eigenvalue weighted by atomic mass is 10.2. The Labute approximate surface area is 117 Å². The minimum Gasteiger partial charge on any atom is -0.477 e. The normalized spacial score (nSPS) is 16.4. The summed E-state index contributed by atoms with van der Waals surface area (Å²) in [5, 5.41) is 8.83. The Hall–Kier alpha value is -1.51. The smallest absolute Gasteiger partial charge is 0.354 e. The predicted octanol–water partition coefficient (Wildman–Crippen LogP) is 0.253. The van der Waals surface area contributed by atoms with Crippen LogP contribution in [0.15, 0.2) is 18.2 Å². The third-order valence-corrected chi connectivity index (χ3v) is 4.71. The first-order chi connectivity index (χ1) is 9.49. The number of carbonyl (C=O) groups is 1. The fraction of sp³-hybridized carbons (Fsp3) is 0.500. The third kappa shape index (κ3) is 3.75. The van der Waals surface area contributed by atoms with E-state index in [1.165, 1.54) is 10.4 Å². The van der Waals surface area contributed by atoms with Gasteiger partial charge in [-0.2, -0.15) is 12.7 Å². The number of pyridine rings is 1. The van der Waals surface area contributed by atoms with E-state index in [2.05, 4.69) is 9.71 Å². The van der Waals surface area contributed by atoms with Gasteiger partial charge in [0.1, 0.15) is 5.69 Å². The average Bonchev–Trinajstić information content (AvgIpc) is 2.93. The number of carboxylic acids is 1. The molecule has 0 unspecified atom stereocenters. The molecule has 2 N–H and O–H groups in total. The van der Waals surface area contributed by atoms with Crippen molar-refractivity contribution in [1.82, 2.24) is 14.0 Å². The maximum absolute atomic E-state index is 11.9. The summed E-state index contributed by atoms with van der Waals surface area (Å²) in [6.07, 6.45) is 2.14. The molecule has 110 valence electrons. The fourth-order valence-corrected chi connectivity index (χ4v) is 3.35. The van der Waals surface area contributed by atoms with E-state index in [0.29, 0.717) is 25.2 Å². The van der Waals surface area contributed by atoms with Gasteiger partial charge in [-0.05, 0) is 25.0 Å². The zero-order chi connectivity index (χ0) is 14.6. The molecule has 1 saturated heterocycles. The van der Waals surface area contributed by atoms with E-state index >= 15 is 0 Å². The topological polar surface area (TPSA) is 99.6 Å². The van der Waals surface area contributed by atoms with E-state index in [1.807, 2.05) is 0 Å². The van der Waals surface area contributed by atoms with Crippen LogP contribution >= 0.6 is 0 Å². The molecule has 1 aromatic heterocycles. The van der Waals surface area contributed by atoms with Crippen LogP contribution in [-0.2, 0) is 16.6 Å². The molecule has 20 heavy (non-hydrogen) atoms. The number of carboxylic acid groups (broad SMARTS) is 1. The van der Waals surface area contributed by atoms with Gasteiger partial charge in [0, 0.05) is 31.7 Å². The van der Waals surface area contributed by atoms with Crippen molar-refractivity contribution in [3.8, 4) is 0 Å². The maximum Gasteiger partial charge on any atom is 0.354 e. The Morgan fingerprint density at radius 2 is 2.05 bits per heavy atom. The first-order valence-electron chi connectivity index (χ1n) is 6.43. The highest BCUT2D eigenvalue weighted by Gasteiger charge is 2.24. The molecule has 0 aromatic carbocycles. The second kappa shape index (κ2) is 6.29. The van der Waals surface area contributed by atoms with Crippen LogP contribution < -0.4 is 4.72 Å². The Bertz CT molecular complexity index is 582. The van der Waals surface area contributed by atoms with E-state index in [4.69, 9.17) is 5.11 Å². The van der Waals surface area contributed by atoms with Gasteiger partial charge in [0.05, 0.1) is 0 Å². The summed E-state index contributed by atoms with van der Waals surface area (Å²) in [7, 11) is -3.42. The molecular weight excluding hydrogens is 282 g/mol. The van der Waals surface area contributed by atoms with Crippen LogP contribution in [0.3, 0.4) is 0 Å². The van der Waals surface area contributed by atoms with Gasteiger partial charge in [-0.15, -0.1) is 0 Å². The molecule has 0 saturated carbocycles. The largest absolute Gasteiger partial charge is 0.477 e. The lowest BCUT2D eigenvalue weighted by Crippen LogP contribution is -2.39. The van der Waals surface area contributed by atoms with Crippen molar-refractivity contribution >= 4 is 16.2 Å². The van der Waals surface area contributed by atoms with Gasteiger partial charge in [-0.3, -0.25) is 0 Å².